The summed E-state index contributed by atoms with van der Waals surface area (Å²) in [6.07, 6.45) is 0. The summed E-state index contributed by atoms with van der Waals surface area (Å²) < 4.78 is 32.1. The van der Waals surface area contributed by atoms with Crippen molar-refractivity contribution in [2.45, 2.75) is 15.5 Å². The molecule has 1 saturated heterocycles. The normalized spacial score (nSPS) is 16.4. The van der Waals surface area contributed by atoms with Gasteiger partial charge in [-0.15, -0.1) is 23.1 Å². The minimum atomic E-state index is -3.58. The number of carbonyl (C=O) groups is 1. The van der Waals surface area contributed by atoms with Crippen LogP contribution in [0.3, 0.4) is 0 Å². The standard InChI is InChI=1S/C21H19N3O4S3/c25-20(14-5-7-15(8-6-14)31(26,27)24-9-11-28-12-10-24)23-21-22-19-16-3-1-2-4-17(16)29-13-18(19)30-21/h1-8H,9-13H2,(H,22,23,25). The smallest absolute Gasteiger partial charge is 0.257 e. The molecule has 3 heterocycles. The van der Waals surface area contributed by atoms with E-state index in [1.807, 2.05) is 18.2 Å². The maximum atomic E-state index is 12.7. The zero-order valence-corrected chi connectivity index (χ0v) is 18.9. The Bertz CT molecular complexity index is 1230. The fourth-order valence-electron chi connectivity index (χ4n) is 3.53. The molecule has 1 N–H and O–H groups in total. The van der Waals surface area contributed by atoms with Gasteiger partial charge in [0.15, 0.2) is 5.13 Å². The first-order valence-corrected chi connectivity index (χ1v) is 13.0. The molecule has 0 bridgehead atoms. The van der Waals surface area contributed by atoms with Crippen molar-refractivity contribution < 1.29 is 17.9 Å². The Balaban J connectivity index is 1.32. The summed E-state index contributed by atoms with van der Waals surface area (Å²) in [5.41, 5.74) is 2.38. The number of carbonyl (C=O) groups excluding carboxylic acids is 1. The van der Waals surface area contributed by atoms with Gasteiger partial charge < -0.3 is 4.74 Å². The van der Waals surface area contributed by atoms with Crippen molar-refractivity contribution in [3.63, 3.8) is 0 Å². The van der Waals surface area contributed by atoms with Crippen LogP contribution < -0.4 is 5.32 Å². The number of nitrogens with zero attached hydrogens (tertiary/aromatic N) is 2. The summed E-state index contributed by atoms with van der Waals surface area (Å²) in [7, 11) is -3.58. The molecular weight excluding hydrogens is 454 g/mol. The van der Waals surface area contributed by atoms with Crippen LogP contribution in [0, 0.1) is 0 Å². The van der Waals surface area contributed by atoms with Gasteiger partial charge in [-0.3, -0.25) is 10.1 Å². The van der Waals surface area contributed by atoms with E-state index in [2.05, 4.69) is 16.4 Å². The van der Waals surface area contributed by atoms with Crippen molar-refractivity contribution in [2.75, 3.05) is 31.6 Å². The molecule has 0 saturated carbocycles. The Labute approximate surface area is 188 Å². The fraction of sp³-hybridized carbons (Fsp3) is 0.238. The van der Waals surface area contributed by atoms with E-state index in [9.17, 15) is 13.2 Å². The van der Waals surface area contributed by atoms with E-state index in [1.165, 1.54) is 44.8 Å². The first-order valence-electron chi connectivity index (χ1n) is 9.73. The van der Waals surface area contributed by atoms with Crippen molar-refractivity contribution in [3.05, 3.63) is 59.0 Å². The van der Waals surface area contributed by atoms with Gasteiger partial charge in [0.25, 0.3) is 5.91 Å². The van der Waals surface area contributed by atoms with E-state index < -0.39 is 10.0 Å². The number of sulfonamides is 1. The molecule has 2 aromatic carbocycles. The summed E-state index contributed by atoms with van der Waals surface area (Å²) >= 11 is 3.23. The van der Waals surface area contributed by atoms with E-state index in [-0.39, 0.29) is 10.8 Å². The van der Waals surface area contributed by atoms with Gasteiger partial charge in [-0.05, 0) is 30.3 Å². The number of rotatable bonds is 4. The van der Waals surface area contributed by atoms with E-state index >= 15 is 0 Å². The van der Waals surface area contributed by atoms with Crippen LogP contribution in [-0.2, 0) is 20.5 Å². The number of morpholine rings is 1. The Morgan fingerprint density at radius 1 is 1.06 bits per heavy atom. The summed E-state index contributed by atoms with van der Waals surface area (Å²) in [6, 6.07) is 14.1. The molecule has 1 fully saturated rings. The van der Waals surface area contributed by atoms with Gasteiger partial charge in [0.2, 0.25) is 10.0 Å². The third-order valence-corrected chi connectivity index (χ3v) is 9.31. The van der Waals surface area contributed by atoms with Crippen LogP contribution in [0.1, 0.15) is 15.2 Å². The number of hydrogen-bond acceptors (Lipinski definition) is 7. The van der Waals surface area contributed by atoms with Crippen molar-refractivity contribution in [3.8, 4) is 11.3 Å². The van der Waals surface area contributed by atoms with Crippen LogP contribution in [0.5, 0.6) is 0 Å². The van der Waals surface area contributed by atoms with Crippen molar-refractivity contribution in [1.29, 1.82) is 0 Å². The van der Waals surface area contributed by atoms with Crippen LogP contribution in [0.15, 0.2) is 58.3 Å². The number of fused-ring (bicyclic) bond motifs is 3. The van der Waals surface area contributed by atoms with E-state index in [0.717, 1.165) is 21.9 Å². The molecule has 0 atom stereocenters. The highest BCUT2D eigenvalue weighted by molar-refractivity contribution is 7.98. The predicted molar refractivity (Wildman–Crippen MR) is 121 cm³/mol. The lowest BCUT2D eigenvalue weighted by molar-refractivity contribution is 0.0730. The van der Waals surface area contributed by atoms with Gasteiger partial charge in [0.05, 0.1) is 23.8 Å². The highest BCUT2D eigenvalue weighted by atomic mass is 32.2. The molecule has 0 unspecified atom stereocenters. The van der Waals surface area contributed by atoms with Crippen LogP contribution in [0.25, 0.3) is 11.3 Å². The summed E-state index contributed by atoms with van der Waals surface area (Å²) in [5, 5.41) is 3.39. The van der Waals surface area contributed by atoms with Gasteiger partial charge in [0, 0.05) is 39.7 Å². The predicted octanol–water partition coefficient (Wildman–Crippen LogP) is 3.69. The minimum absolute atomic E-state index is 0.171. The second-order valence-electron chi connectivity index (χ2n) is 7.07. The number of nitrogens with one attached hydrogen (secondary N) is 1. The van der Waals surface area contributed by atoms with Crippen molar-refractivity contribution in [2.24, 2.45) is 0 Å². The van der Waals surface area contributed by atoms with Crippen LogP contribution >= 0.6 is 23.1 Å². The zero-order valence-electron chi connectivity index (χ0n) is 16.4. The number of ether oxygens (including phenoxy) is 1. The number of aromatic nitrogens is 1. The molecule has 3 aromatic rings. The van der Waals surface area contributed by atoms with Gasteiger partial charge >= 0.3 is 0 Å². The third kappa shape index (κ3) is 4.01. The molecular formula is C21H19N3O4S3. The molecule has 5 rings (SSSR count). The SMILES string of the molecule is O=C(Nc1nc2c(s1)CSc1ccccc1-2)c1ccc(S(=O)(=O)N2CCOCC2)cc1. The molecule has 160 valence electrons. The molecule has 7 nitrogen and oxygen atoms in total. The highest BCUT2D eigenvalue weighted by Gasteiger charge is 2.26. The molecule has 0 spiro atoms. The van der Waals surface area contributed by atoms with Crippen molar-refractivity contribution >= 4 is 44.2 Å². The van der Waals surface area contributed by atoms with Crippen LogP contribution in [0.2, 0.25) is 0 Å². The number of hydrogen-bond donors (Lipinski definition) is 1. The highest BCUT2D eigenvalue weighted by Crippen LogP contribution is 2.44. The van der Waals surface area contributed by atoms with Crippen LogP contribution in [0.4, 0.5) is 5.13 Å². The number of thiazole rings is 1. The minimum Gasteiger partial charge on any atom is -0.379 e. The molecule has 1 amide bonds. The number of benzene rings is 2. The van der Waals surface area contributed by atoms with Gasteiger partial charge in [-0.25, -0.2) is 13.4 Å². The lowest BCUT2D eigenvalue weighted by atomic mass is 10.1. The fourth-order valence-corrected chi connectivity index (χ4v) is 7.03. The quantitative estimate of drug-likeness (QED) is 0.622. The van der Waals surface area contributed by atoms with Gasteiger partial charge in [-0.1, -0.05) is 18.2 Å². The second-order valence-corrected chi connectivity index (χ2v) is 11.1. The average Bonchev–Trinajstić information content (AvgIpc) is 3.23. The van der Waals surface area contributed by atoms with Gasteiger partial charge in [-0.2, -0.15) is 4.31 Å². The lowest BCUT2D eigenvalue weighted by Gasteiger charge is -2.26. The van der Waals surface area contributed by atoms with Crippen LogP contribution in [-0.4, -0.2) is 49.9 Å². The average molecular weight is 474 g/mol. The molecule has 0 aliphatic carbocycles. The second kappa shape index (κ2) is 8.36. The molecule has 2 aliphatic heterocycles. The largest absolute Gasteiger partial charge is 0.379 e. The van der Waals surface area contributed by atoms with E-state index in [1.54, 1.807) is 11.8 Å². The maximum absolute atomic E-state index is 12.7. The Morgan fingerprint density at radius 3 is 2.58 bits per heavy atom. The summed E-state index contributed by atoms with van der Waals surface area (Å²) in [4.78, 5) is 19.8. The Morgan fingerprint density at radius 2 is 1.81 bits per heavy atom. The van der Waals surface area contributed by atoms with E-state index in [0.29, 0.717) is 37.0 Å². The summed E-state index contributed by atoms with van der Waals surface area (Å²) in [5.74, 6) is 0.510. The zero-order chi connectivity index (χ0) is 21.4. The number of anilines is 1. The van der Waals surface area contributed by atoms with Crippen molar-refractivity contribution in [1.82, 2.24) is 9.29 Å². The molecule has 2 aliphatic rings. The first-order chi connectivity index (χ1) is 15.0. The third-order valence-electron chi connectivity index (χ3n) is 5.14. The molecule has 31 heavy (non-hydrogen) atoms. The Hall–Kier alpha value is -2.24. The molecule has 1 aromatic heterocycles. The lowest BCUT2D eigenvalue weighted by Crippen LogP contribution is -2.40. The Kier molecular flexibility index (Phi) is 5.57. The van der Waals surface area contributed by atoms with Gasteiger partial charge in [0.1, 0.15) is 0 Å². The number of amides is 1. The van der Waals surface area contributed by atoms with E-state index in [4.69, 9.17) is 4.74 Å². The number of thioether (sulfide) groups is 1. The molecule has 10 heteroatoms. The molecule has 0 radical (unpaired) electrons. The maximum Gasteiger partial charge on any atom is 0.257 e. The first kappa shape index (κ1) is 20.7. The monoisotopic (exact) mass is 473 g/mol. The topological polar surface area (TPSA) is 88.6 Å². The summed E-state index contributed by atoms with van der Waals surface area (Å²) in [6.45, 7) is 1.45.